The van der Waals surface area contributed by atoms with E-state index in [0.29, 0.717) is 36.2 Å². The summed E-state index contributed by atoms with van der Waals surface area (Å²) in [6, 6.07) is 0.627. The number of carbonyl (C=O) groups excluding carboxylic acids is 2. The first kappa shape index (κ1) is 38.3. The molecule has 1 unspecified atom stereocenters. The van der Waals surface area contributed by atoms with Crippen LogP contribution in [0.15, 0.2) is 12.8 Å². The fraction of sp³-hybridized carbons (Fsp3) is 0.475. The molecule has 0 saturated carbocycles. The summed E-state index contributed by atoms with van der Waals surface area (Å²) in [4.78, 5) is 43.6. The van der Waals surface area contributed by atoms with Crippen molar-refractivity contribution in [3.05, 3.63) is 40.6 Å². The number of nitrogen functional groups attached to an aromatic ring is 1. The van der Waals surface area contributed by atoms with Gasteiger partial charge in [-0.15, -0.1) is 11.3 Å². The van der Waals surface area contributed by atoms with Gasteiger partial charge in [-0.25, -0.2) is 22.5 Å². The molecule has 1 amide bonds. The van der Waals surface area contributed by atoms with Gasteiger partial charge >= 0.3 is 18.1 Å². The number of benzene rings is 1. The number of anilines is 2. The molecule has 2 N–H and O–H groups in total. The SMILES string of the molecule is C=C1C[C@@H]2[C@@H]3CC[C@H](CN2c2nc(OC[C@@]45CCC=[N+]4C[C@H](F)C5)nc4c(F)c(-c5ncc(F)c6sc(N)c(C#N)c56)c(Cl)c1c24)N3C(=O)OC(C)OC(=O)C(C)C. The van der Waals surface area contributed by atoms with E-state index < -0.39 is 59.7 Å². The number of hydrogen-bond donors (Lipinski definition) is 1. The molecule has 5 aliphatic rings. The van der Waals surface area contributed by atoms with Gasteiger partial charge in [-0.3, -0.25) is 14.7 Å². The van der Waals surface area contributed by atoms with E-state index in [0.717, 1.165) is 24.0 Å². The van der Waals surface area contributed by atoms with Crippen molar-refractivity contribution in [2.45, 2.75) is 95.4 Å². The summed E-state index contributed by atoms with van der Waals surface area (Å²) in [5.41, 5.74) is 5.77. The Hall–Kier alpha value is -5.21. The zero-order chi connectivity index (χ0) is 40.9. The number of nitrogens with two attached hydrogens (primary N) is 1. The molecule has 0 aliphatic carbocycles. The molecule has 5 aliphatic heterocycles. The van der Waals surface area contributed by atoms with E-state index in [9.17, 15) is 19.2 Å². The number of hydrogen-bond acceptors (Lipinski definition) is 12. The van der Waals surface area contributed by atoms with Crippen LogP contribution in [0.2, 0.25) is 5.02 Å². The molecule has 4 aromatic rings. The highest BCUT2D eigenvalue weighted by atomic mass is 35.5. The fourth-order valence-corrected chi connectivity index (χ4v) is 10.9. The Bertz CT molecular complexity index is 2550. The molecular weight excluding hydrogens is 797 g/mol. The summed E-state index contributed by atoms with van der Waals surface area (Å²) in [5.74, 6) is -2.25. The fourth-order valence-electron chi connectivity index (χ4n) is 9.58. The van der Waals surface area contributed by atoms with E-state index >= 15 is 8.78 Å². The smallest absolute Gasteiger partial charge is 0.413 e. The maximum Gasteiger partial charge on any atom is 0.413 e. The number of nitrogens with zero attached hydrogens (tertiary/aromatic N) is 7. The minimum atomic E-state index is -1.12. The van der Waals surface area contributed by atoms with Gasteiger partial charge in [-0.05, 0) is 24.8 Å². The first-order valence-electron chi connectivity index (χ1n) is 19.2. The number of amides is 1. The van der Waals surface area contributed by atoms with Crippen LogP contribution in [0.1, 0.15) is 70.4 Å². The van der Waals surface area contributed by atoms with Gasteiger partial charge in [0.15, 0.2) is 36.5 Å². The van der Waals surface area contributed by atoms with Crippen LogP contribution in [0.4, 0.5) is 28.8 Å². The van der Waals surface area contributed by atoms with Gasteiger partial charge in [0.1, 0.15) is 28.6 Å². The van der Waals surface area contributed by atoms with Crippen molar-refractivity contribution in [2.24, 2.45) is 5.92 Å². The van der Waals surface area contributed by atoms with Crippen LogP contribution in [0, 0.1) is 28.9 Å². The number of alkyl halides is 1. The number of ether oxygens (including phenoxy) is 3. The molecule has 3 aromatic heterocycles. The summed E-state index contributed by atoms with van der Waals surface area (Å²) in [7, 11) is 0. The van der Waals surface area contributed by atoms with Gasteiger partial charge in [-0.2, -0.15) is 15.2 Å². The van der Waals surface area contributed by atoms with Crippen molar-refractivity contribution in [1.29, 1.82) is 5.26 Å². The Labute approximate surface area is 339 Å². The highest BCUT2D eigenvalue weighted by Gasteiger charge is 2.55. The Kier molecular flexibility index (Phi) is 9.23. The molecule has 58 heavy (non-hydrogen) atoms. The van der Waals surface area contributed by atoms with E-state index in [1.807, 2.05) is 21.8 Å². The number of nitriles is 1. The van der Waals surface area contributed by atoms with Crippen LogP contribution in [0.25, 0.3) is 37.8 Å². The van der Waals surface area contributed by atoms with Crippen molar-refractivity contribution >= 4 is 78.6 Å². The summed E-state index contributed by atoms with van der Waals surface area (Å²) in [6.07, 6.45) is 3.28. The predicted molar refractivity (Wildman–Crippen MR) is 211 cm³/mol. The Balaban J connectivity index is 1.19. The maximum absolute atomic E-state index is 17.6. The summed E-state index contributed by atoms with van der Waals surface area (Å²) < 4.78 is 66.8. The van der Waals surface area contributed by atoms with Gasteiger partial charge in [0.25, 0.3) is 0 Å². The quantitative estimate of drug-likeness (QED) is 0.114. The number of thiophene rings is 1. The first-order valence-corrected chi connectivity index (χ1v) is 20.4. The molecule has 3 saturated heterocycles. The average Bonchev–Trinajstić information content (AvgIpc) is 3.89. The normalized spacial score (nSPS) is 25.1. The highest BCUT2D eigenvalue weighted by Crippen LogP contribution is 2.52. The number of esters is 1. The minimum absolute atomic E-state index is 0.0122. The second kappa shape index (κ2) is 14.0. The van der Waals surface area contributed by atoms with Crippen LogP contribution in [0.3, 0.4) is 0 Å². The molecule has 0 spiro atoms. The first-order chi connectivity index (χ1) is 27.7. The van der Waals surface area contributed by atoms with Gasteiger partial charge in [0, 0.05) is 37.3 Å². The third-order valence-corrected chi connectivity index (χ3v) is 13.6. The van der Waals surface area contributed by atoms with Gasteiger partial charge < -0.3 is 24.8 Å². The summed E-state index contributed by atoms with van der Waals surface area (Å²) >= 11 is 8.10. The molecule has 13 nitrogen and oxygen atoms in total. The van der Waals surface area contributed by atoms with Crippen LogP contribution >= 0.6 is 22.9 Å². The second-order valence-corrected chi connectivity index (χ2v) is 17.4. The van der Waals surface area contributed by atoms with Crippen molar-refractivity contribution in [1.82, 2.24) is 19.9 Å². The van der Waals surface area contributed by atoms with Crippen molar-refractivity contribution in [3.8, 4) is 23.3 Å². The average molecular weight is 836 g/mol. The lowest BCUT2D eigenvalue weighted by Crippen LogP contribution is -2.61. The van der Waals surface area contributed by atoms with Crippen LogP contribution in [0.5, 0.6) is 6.01 Å². The van der Waals surface area contributed by atoms with Crippen LogP contribution in [-0.2, 0) is 14.3 Å². The third-order valence-electron chi connectivity index (χ3n) is 12.2. The molecule has 302 valence electrons. The van der Waals surface area contributed by atoms with Gasteiger partial charge in [0.2, 0.25) is 6.29 Å². The van der Waals surface area contributed by atoms with Crippen molar-refractivity contribution in [3.63, 3.8) is 0 Å². The number of rotatable bonds is 7. The lowest BCUT2D eigenvalue weighted by atomic mass is 9.91. The van der Waals surface area contributed by atoms with E-state index in [2.05, 4.69) is 16.5 Å². The lowest BCUT2D eigenvalue weighted by molar-refractivity contribution is -0.578. The van der Waals surface area contributed by atoms with Crippen LogP contribution in [-0.4, -0.2) is 98.5 Å². The Morgan fingerprint density at radius 3 is 2.74 bits per heavy atom. The molecule has 8 heterocycles. The van der Waals surface area contributed by atoms with E-state index in [-0.39, 0.29) is 92.4 Å². The molecule has 6 atom stereocenters. The number of carbonyl (C=O) groups is 2. The van der Waals surface area contributed by atoms with Crippen molar-refractivity contribution < 1.29 is 41.5 Å². The molecule has 18 heteroatoms. The summed E-state index contributed by atoms with van der Waals surface area (Å²) in [6.45, 7) is 9.85. The number of halogens is 4. The summed E-state index contributed by atoms with van der Waals surface area (Å²) in [5, 5.41) is 10.3. The molecule has 3 fully saturated rings. The maximum atomic E-state index is 17.6. The molecule has 1 aromatic carbocycles. The number of aromatic nitrogens is 3. The van der Waals surface area contributed by atoms with E-state index in [1.165, 1.54) is 6.92 Å². The number of fused-ring (bicyclic) bond motifs is 7. The van der Waals surface area contributed by atoms with Gasteiger partial charge in [-0.1, -0.05) is 32.0 Å². The monoisotopic (exact) mass is 835 g/mol. The molecular formula is C40H39ClF3N8O5S+. The molecule has 2 bridgehead atoms. The Morgan fingerprint density at radius 2 is 1.98 bits per heavy atom. The van der Waals surface area contributed by atoms with E-state index in [1.54, 1.807) is 18.7 Å². The lowest BCUT2D eigenvalue weighted by Gasteiger charge is -2.46. The van der Waals surface area contributed by atoms with Crippen molar-refractivity contribution in [2.75, 3.05) is 30.3 Å². The van der Waals surface area contributed by atoms with Crippen LogP contribution < -0.4 is 15.4 Å². The van der Waals surface area contributed by atoms with Gasteiger partial charge in [0.05, 0.1) is 68.6 Å². The number of pyridine rings is 1. The standard InChI is InChI=1S/C40H39ClF3N8O5S/c1-17(2)37(53)56-19(4)57-39(54)52-21-6-7-24(52)25-10-18(3)26-28-33(31(44)29(30(26)41)32-27-22(12-45)35(46)58-34(27)23(43)13-47-32)48-38(49-36(28)51(25)15-21)55-16-40-8-5-9-50(40)14-20(42)11-40/h9,13,17,19-21,24-25H,3,5-8,10-11,14-16,46H2,1-2,4H3/q+1/t19?,20-,21-,24+,25-,40+/m1/s1. The topological polar surface area (TPSA) is 160 Å². The molecule has 0 radical (unpaired) electrons. The minimum Gasteiger partial charge on any atom is -0.456 e. The predicted octanol–water partition coefficient (Wildman–Crippen LogP) is 7.15. The highest BCUT2D eigenvalue weighted by molar-refractivity contribution is 7.23. The largest absolute Gasteiger partial charge is 0.456 e. The van der Waals surface area contributed by atoms with E-state index in [4.69, 9.17) is 36.5 Å². The zero-order valence-electron chi connectivity index (χ0n) is 31.9. The molecule has 9 rings (SSSR count). The zero-order valence-corrected chi connectivity index (χ0v) is 33.4. The number of piperazine rings is 1. The third kappa shape index (κ3) is 5.84. The Morgan fingerprint density at radius 1 is 1.19 bits per heavy atom. The second-order valence-electron chi connectivity index (χ2n) is 16.0.